The van der Waals surface area contributed by atoms with Gasteiger partial charge in [-0.2, -0.15) is 0 Å². The number of imide groups is 1. The summed E-state index contributed by atoms with van der Waals surface area (Å²) in [6.07, 6.45) is 0.782. The quantitative estimate of drug-likeness (QED) is 0.419. The van der Waals surface area contributed by atoms with E-state index in [1.54, 1.807) is 42.5 Å². The van der Waals surface area contributed by atoms with E-state index in [0.29, 0.717) is 22.0 Å². The van der Waals surface area contributed by atoms with Crippen molar-refractivity contribution in [3.63, 3.8) is 0 Å². The van der Waals surface area contributed by atoms with Crippen LogP contribution in [0.3, 0.4) is 0 Å². The fourth-order valence-electron chi connectivity index (χ4n) is 3.61. The number of para-hydroxylation sites is 1. The summed E-state index contributed by atoms with van der Waals surface area (Å²) in [6.45, 7) is 3.84. The number of benzene rings is 3. The highest BCUT2D eigenvalue weighted by atomic mass is 35.5. The molecule has 1 aliphatic heterocycles. The number of nitrogens with zero attached hydrogens (tertiary/aromatic N) is 1. The first kappa shape index (κ1) is 23.5. The van der Waals surface area contributed by atoms with Gasteiger partial charge < -0.3 is 10.6 Å². The minimum Gasteiger partial charge on any atom is -0.349 e. The van der Waals surface area contributed by atoms with Gasteiger partial charge in [-0.1, -0.05) is 54.4 Å². The molecule has 0 aliphatic carbocycles. The van der Waals surface area contributed by atoms with E-state index in [1.807, 2.05) is 38.1 Å². The lowest BCUT2D eigenvalue weighted by atomic mass is 10.1. The first-order chi connectivity index (χ1) is 16.3. The highest BCUT2D eigenvalue weighted by molar-refractivity contribution is 6.53. The van der Waals surface area contributed by atoms with Crippen LogP contribution in [0.15, 0.2) is 77.5 Å². The molecule has 4 rings (SSSR count). The fourth-order valence-corrected chi connectivity index (χ4v) is 3.95. The van der Waals surface area contributed by atoms with Crippen molar-refractivity contribution in [2.45, 2.75) is 20.3 Å². The van der Waals surface area contributed by atoms with Gasteiger partial charge in [0.25, 0.3) is 17.7 Å². The molecule has 172 valence electrons. The first-order valence-corrected chi connectivity index (χ1v) is 11.4. The van der Waals surface area contributed by atoms with Crippen molar-refractivity contribution < 1.29 is 14.4 Å². The summed E-state index contributed by atoms with van der Waals surface area (Å²) in [5.74, 6) is -1.52. The fraction of sp³-hybridized carbons (Fsp3) is 0.115. The molecule has 1 heterocycles. The van der Waals surface area contributed by atoms with Gasteiger partial charge in [0.2, 0.25) is 0 Å². The Labute approximate surface area is 207 Å². The molecule has 0 aromatic heterocycles. The Morgan fingerprint density at radius 3 is 2.32 bits per heavy atom. The van der Waals surface area contributed by atoms with Crippen LogP contribution in [0.5, 0.6) is 0 Å². The maximum atomic E-state index is 13.0. The summed E-state index contributed by atoms with van der Waals surface area (Å²) in [4.78, 5) is 39.6. The van der Waals surface area contributed by atoms with Crippen LogP contribution in [0.2, 0.25) is 5.02 Å². The maximum Gasteiger partial charge on any atom is 0.283 e. The monoisotopic (exact) mass is 493 g/mol. The van der Waals surface area contributed by atoms with Crippen molar-refractivity contribution in [1.82, 2.24) is 0 Å². The topological polar surface area (TPSA) is 78.5 Å². The lowest BCUT2D eigenvalue weighted by Gasteiger charge is -2.16. The molecule has 0 spiro atoms. The molecule has 8 heteroatoms. The van der Waals surface area contributed by atoms with Crippen LogP contribution in [0.4, 0.5) is 17.1 Å². The minimum absolute atomic E-state index is 0.0568. The number of hydrogen-bond donors (Lipinski definition) is 2. The van der Waals surface area contributed by atoms with Crippen molar-refractivity contribution in [2.24, 2.45) is 0 Å². The normalized spacial score (nSPS) is 13.5. The van der Waals surface area contributed by atoms with E-state index >= 15 is 0 Å². The maximum absolute atomic E-state index is 13.0. The van der Waals surface area contributed by atoms with Crippen LogP contribution in [-0.4, -0.2) is 17.7 Å². The highest BCUT2D eigenvalue weighted by Crippen LogP contribution is 2.32. The Balaban J connectivity index is 1.59. The third-order valence-electron chi connectivity index (χ3n) is 5.52. The predicted molar refractivity (Wildman–Crippen MR) is 135 cm³/mol. The van der Waals surface area contributed by atoms with Crippen molar-refractivity contribution in [3.8, 4) is 0 Å². The van der Waals surface area contributed by atoms with E-state index in [4.69, 9.17) is 23.2 Å². The Morgan fingerprint density at radius 1 is 0.912 bits per heavy atom. The second kappa shape index (κ2) is 9.71. The SMILES string of the molecule is CCc1ccccc1NC(=O)c1ccc(C)c(NC2=C(Cl)C(=O)N(c3ccc(Cl)cc3)C2=O)c1. The molecule has 2 N–H and O–H groups in total. The van der Waals surface area contributed by atoms with E-state index in [9.17, 15) is 14.4 Å². The lowest BCUT2D eigenvalue weighted by molar-refractivity contribution is -0.120. The molecule has 3 aromatic carbocycles. The lowest BCUT2D eigenvalue weighted by Crippen LogP contribution is -2.32. The number of carbonyl (C=O) groups excluding carboxylic acids is 3. The van der Waals surface area contributed by atoms with E-state index in [1.165, 1.54) is 0 Å². The smallest absolute Gasteiger partial charge is 0.283 e. The molecule has 0 bridgehead atoms. The number of halogens is 2. The van der Waals surface area contributed by atoms with E-state index in [-0.39, 0.29) is 16.6 Å². The van der Waals surface area contributed by atoms with Gasteiger partial charge in [0, 0.05) is 22.0 Å². The summed E-state index contributed by atoms with van der Waals surface area (Å²) < 4.78 is 0. The van der Waals surface area contributed by atoms with E-state index in [2.05, 4.69) is 10.6 Å². The summed E-state index contributed by atoms with van der Waals surface area (Å²) >= 11 is 12.2. The standard InChI is InChI=1S/C26H21Cl2N3O3/c1-3-16-6-4-5-7-20(16)30-24(32)17-9-8-15(2)21(14-17)29-23-22(28)25(33)31(26(23)34)19-12-10-18(27)11-13-19/h4-14,29H,3H2,1-2H3,(H,30,32). The number of amides is 3. The number of carbonyl (C=O) groups is 3. The summed E-state index contributed by atoms with van der Waals surface area (Å²) in [5, 5.41) is 6.14. The van der Waals surface area contributed by atoms with Gasteiger partial charge in [0.15, 0.2) is 0 Å². The first-order valence-electron chi connectivity index (χ1n) is 10.6. The largest absolute Gasteiger partial charge is 0.349 e. The van der Waals surface area contributed by atoms with Crippen LogP contribution in [0.1, 0.15) is 28.4 Å². The van der Waals surface area contributed by atoms with Crippen molar-refractivity contribution in [1.29, 1.82) is 0 Å². The number of nitrogens with one attached hydrogen (secondary N) is 2. The molecule has 0 atom stereocenters. The van der Waals surface area contributed by atoms with Crippen LogP contribution in [0.25, 0.3) is 0 Å². The van der Waals surface area contributed by atoms with Crippen LogP contribution in [-0.2, 0) is 16.0 Å². The van der Waals surface area contributed by atoms with E-state index < -0.39 is 11.8 Å². The number of anilines is 3. The average molecular weight is 494 g/mol. The van der Waals surface area contributed by atoms with E-state index in [0.717, 1.165) is 28.1 Å². The molecular formula is C26H21Cl2N3O3. The Bertz CT molecular complexity index is 1330. The number of aryl methyl sites for hydroxylation is 2. The minimum atomic E-state index is -0.640. The van der Waals surface area contributed by atoms with Gasteiger partial charge in [-0.25, -0.2) is 4.90 Å². The molecule has 3 aromatic rings. The average Bonchev–Trinajstić information content (AvgIpc) is 3.04. The second-order valence-electron chi connectivity index (χ2n) is 7.73. The summed E-state index contributed by atoms with van der Waals surface area (Å²) in [7, 11) is 0. The number of hydrogen-bond acceptors (Lipinski definition) is 4. The zero-order valence-corrected chi connectivity index (χ0v) is 20.0. The molecule has 0 saturated heterocycles. The molecule has 0 fully saturated rings. The molecule has 3 amide bonds. The molecule has 0 radical (unpaired) electrons. The van der Waals surface area contributed by atoms with Gasteiger partial charge in [-0.15, -0.1) is 0 Å². The van der Waals surface area contributed by atoms with Crippen molar-refractivity contribution in [3.05, 3.63) is 99.2 Å². The Morgan fingerprint density at radius 2 is 1.62 bits per heavy atom. The zero-order valence-electron chi connectivity index (χ0n) is 18.5. The molecule has 6 nitrogen and oxygen atoms in total. The van der Waals surface area contributed by atoms with Gasteiger partial charge in [-0.05, 0) is 66.9 Å². The predicted octanol–water partition coefficient (Wildman–Crippen LogP) is 5.90. The molecule has 0 saturated carbocycles. The van der Waals surface area contributed by atoms with Gasteiger partial charge >= 0.3 is 0 Å². The second-order valence-corrected chi connectivity index (χ2v) is 8.55. The van der Waals surface area contributed by atoms with Gasteiger partial charge in [0.05, 0.1) is 5.69 Å². The number of rotatable bonds is 6. The Kier molecular flexibility index (Phi) is 6.72. The third kappa shape index (κ3) is 4.55. The summed E-state index contributed by atoms with van der Waals surface area (Å²) in [6, 6.07) is 19.0. The molecule has 34 heavy (non-hydrogen) atoms. The highest BCUT2D eigenvalue weighted by Gasteiger charge is 2.39. The molecule has 0 unspecified atom stereocenters. The van der Waals surface area contributed by atoms with Gasteiger partial charge in [0.1, 0.15) is 10.7 Å². The summed E-state index contributed by atoms with van der Waals surface area (Å²) in [5.41, 5.74) is 3.72. The zero-order chi connectivity index (χ0) is 24.4. The van der Waals surface area contributed by atoms with Crippen molar-refractivity contribution in [2.75, 3.05) is 15.5 Å². The van der Waals surface area contributed by atoms with Crippen LogP contribution < -0.4 is 15.5 Å². The third-order valence-corrected chi connectivity index (χ3v) is 6.12. The molecular weight excluding hydrogens is 473 g/mol. The van der Waals surface area contributed by atoms with Gasteiger partial charge in [-0.3, -0.25) is 14.4 Å². The molecule has 1 aliphatic rings. The van der Waals surface area contributed by atoms with Crippen LogP contribution in [0, 0.1) is 6.92 Å². The van der Waals surface area contributed by atoms with Crippen molar-refractivity contribution >= 4 is 58.0 Å². The van der Waals surface area contributed by atoms with Crippen LogP contribution >= 0.6 is 23.2 Å². The Hall–Kier alpha value is -3.61.